The maximum atomic E-state index is 5.18. The van der Waals surface area contributed by atoms with E-state index in [1.807, 2.05) is 18.7 Å². The SMILES string of the molecule is CCOCCNC1CSC1. The van der Waals surface area contributed by atoms with Crippen LogP contribution in [0.15, 0.2) is 0 Å². The average molecular weight is 161 g/mol. The molecule has 0 atom stereocenters. The van der Waals surface area contributed by atoms with E-state index >= 15 is 0 Å². The highest BCUT2D eigenvalue weighted by molar-refractivity contribution is 8.00. The Hall–Kier alpha value is 0.270. The zero-order valence-corrected chi connectivity index (χ0v) is 7.25. The largest absolute Gasteiger partial charge is 0.380 e. The number of nitrogens with one attached hydrogen (secondary N) is 1. The molecule has 1 N–H and O–H groups in total. The molecule has 1 fully saturated rings. The van der Waals surface area contributed by atoms with Crippen molar-refractivity contribution in [3.63, 3.8) is 0 Å². The second-order valence-electron chi connectivity index (χ2n) is 2.39. The van der Waals surface area contributed by atoms with Gasteiger partial charge in [0.1, 0.15) is 0 Å². The van der Waals surface area contributed by atoms with E-state index in [1.165, 1.54) is 11.5 Å². The second kappa shape index (κ2) is 4.99. The molecule has 1 saturated heterocycles. The highest BCUT2D eigenvalue weighted by atomic mass is 32.2. The molecule has 0 amide bonds. The lowest BCUT2D eigenvalue weighted by Gasteiger charge is -2.25. The van der Waals surface area contributed by atoms with Gasteiger partial charge in [0.2, 0.25) is 0 Å². The van der Waals surface area contributed by atoms with E-state index in [0.29, 0.717) is 0 Å². The summed E-state index contributed by atoms with van der Waals surface area (Å²) in [6.45, 7) is 4.73. The Kier molecular flexibility index (Phi) is 4.18. The number of rotatable bonds is 5. The lowest BCUT2D eigenvalue weighted by Crippen LogP contribution is -2.41. The summed E-state index contributed by atoms with van der Waals surface area (Å²) in [7, 11) is 0. The van der Waals surface area contributed by atoms with Gasteiger partial charge in [-0.3, -0.25) is 0 Å². The fraction of sp³-hybridized carbons (Fsp3) is 1.00. The maximum Gasteiger partial charge on any atom is 0.0590 e. The third-order valence-corrected chi connectivity index (χ3v) is 2.80. The number of ether oxygens (including phenoxy) is 1. The highest BCUT2D eigenvalue weighted by Gasteiger charge is 2.15. The standard InChI is InChI=1S/C7H15NOS/c1-2-9-4-3-8-7-5-10-6-7/h7-8H,2-6H2,1H3. The van der Waals surface area contributed by atoms with Gasteiger partial charge in [-0.05, 0) is 6.92 Å². The van der Waals surface area contributed by atoms with Crippen molar-refractivity contribution in [3.05, 3.63) is 0 Å². The van der Waals surface area contributed by atoms with Crippen LogP contribution in [0.25, 0.3) is 0 Å². The Labute approximate surface area is 66.7 Å². The summed E-state index contributed by atoms with van der Waals surface area (Å²) in [5, 5.41) is 3.41. The van der Waals surface area contributed by atoms with Crippen LogP contribution in [0.2, 0.25) is 0 Å². The van der Waals surface area contributed by atoms with E-state index in [-0.39, 0.29) is 0 Å². The lowest BCUT2D eigenvalue weighted by molar-refractivity contribution is 0.147. The normalized spacial score (nSPS) is 18.9. The molecule has 0 unspecified atom stereocenters. The molecule has 0 aliphatic carbocycles. The summed E-state index contributed by atoms with van der Waals surface area (Å²) >= 11 is 2.01. The van der Waals surface area contributed by atoms with Gasteiger partial charge in [-0.15, -0.1) is 0 Å². The van der Waals surface area contributed by atoms with E-state index in [1.54, 1.807) is 0 Å². The molecule has 60 valence electrons. The van der Waals surface area contributed by atoms with Crippen LogP contribution < -0.4 is 5.32 Å². The minimum absolute atomic E-state index is 0.769. The molecule has 0 aromatic rings. The molecular weight excluding hydrogens is 146 g/mol. The van der Waals surface area contributed by atoms with Gasteiger partial charge in [0.15, 0.2) is 0 Å². The fourth-order valence-electron chi connectivity index (χ4n) is 0.833. The average Bonchev–Trinajstić information content (AvgIpc) is 1.84. The Morgan fingerprint density at radius 2 is 2.40 bits per heavy atom. The molecule has 0 spiro atoms. The predicted molar refractivity (Wildman–Crippen MR) is 45.6 cm³/mol. The first-order valence-corrected chi connectivity index (χ1v) is 4.98. The molecule has 3 heteroatoms. The summed E-state index contributed by atoms with van der Waals surface area (Å²) in [6.07, 6.45) is 0. The second-order valence-corrected chi connectivity index (χ2v) is 3.46. The van der Waals surface area contributed by atoms with Crippen molar-refractivity contribution >= 4 is 11.8 Å². The van der Waals surface area contributed by atoms with Crippen LogP contribution in [0, 0.1) is 0 Å². The molecular formula is C7H15NOS. The van der Waals surface area contributed by atoms with Gasteiger partial charge in [0, 0.05) is 30.7 Å². The van der Waals surface area contributed by atoms with E-state index in [4.69, 9.17) is 4.74 Å². The van der Waals surface area contributed by atoms with Gasteiger partial charge in [0.25, 0.3) is 0 Å². The first kappa shape index (κ1) is 8.37. The topological polar surface area (TPSA) is 21.3 Å². The van der Waals surface area contributed by atoms with Crippen LogP contribution in [-0.2, 0) is 4.74 Å². The molecule has 0 aromatic carbocycles. The number of hydrogen-bond acceptors (Lipinski definition) is 3. The molecule has 2 nitrogen and oxygen atoms in total. The Bertz CT molecular complexity index is 85.7. The summed E-state index contributed by atoms with van der Waals surface area (Å²) in [5.74, 6) is 2.57. The summed E-state index contributed by atoms with van der Waals surface area (Å²) < 4.78 is 5.18. The zero-order chi connectivity index (χ0) is 7.23. The maximum absolute atomic E-state index is 5.18. The lowest BCUT2D eigenvalue weighted by atomic mass is 10.4. The quantitative estimate of drug-likeness (QED) is 0.601. The molecule has 0 bridgehead atoms. The van der Waals surface area contributed by atoms with Gasteiger partial charge in [0.05, 0.1) is 6.61 Å². The molecule has 0 radical (unpaired) electrons. The highest BCUT2D eigenvalue weighted by Crippen LogP contribution is 2.16. The summed E-state index contributed by atoms with van der Waals surface area (Å²) in [5.41, 5.74) is 0. The van der Waals surface area contributed by atoms with Gasteiger partial charge >= 0.3 is 0 Å². The molecule has 0 aromatic heterocycles. The first-order valence-electron chi connectivity index (χ1n) is 3.82. The molecule has 1 aliphatic rings. The van der Waals surface area contributed by atoms with E-state index in [9.17, 15) is 0 Å². The van der Waals surface area contributed by atoms with Gasteiger partial charge in [-0.2, -0.15) is 11.8 Å². The van der Waals surface area contributed by atoms with Crippen molar-refractivity contribution in [3.8, 4) is 0 Å². The fourth-order valence-corrected chi connectivity index (χ4v) is 1.54. The third-order valence-electron chi connectivity index (χ3n) is 1.52. The van der Waals surface area contributed by atoms with Crippen molar-refractivity contribution in [2.24, 2.45) is 0 Å². The molecule has 1 heterocycles. The van der Waals surface area contributed by atoms with Crippen LogP contribution in [-0.4, -0.2) is 37.3 Å². The Morgan fingerprint density at radius 1 is 1.60 bits per heavy atom. The van der Waals surface area contributed by atoms with Crippen molar-refractivity contribution in [2.45, 2.75) is 13.0 Å². The van der Waals surface area contributed by atoms with Crippen LogP contribution in [0.3, 0.4) is 0 Å². The summed E-state index contributed by atoms with van der Waals surface area (Å²) in [4.78, 5) is 0. The molecule has 1 aliphatic heterocycles. The summed E-state index contributed by atoms with van der Waals surface area (Å²) in [6, 6.07) is 0.769. The van der Waals surface area contributed by atoms with Crippen LogP contribution in [0.4, 0.5) is 0 Å². The number of hydrogen-bond donors (Lipinski definition) is 1. The van der Waals surface area contributed by atoms with Gasteiger partial charge < -0.3 is 10.1 Å². The first-order chi connectivity index (χ1) is 4.93. The Morgan fingerprint density at radius 3 is 2.90 bits per heavy atom. The van der Waals surface area contributed by atoms with Gasteiger partial charge in [-0.25, -0.2) is 0 Å². The monoisotopic (exact) mass is 161 g/mol. The smallest absolute Gasteiger partial charge is 0.0590 e. The zero-order valence-electron chi connectivity index (χ0n) is 6.43. The third kappa shape index (κ3) is 2.90. The van der Waals surface area contributed by atoms with Crippen LogP contribution >= 0.6 is 11.8 Å². The number of thioether (sulfide) groups is 1. The molecule has 10 heavy (non-hydrogen) atoms. The van der Waals surface area contributed by atoms with E-state index in [2.05, 4.69) is 5.32 Å². The van der Waals surface area contributed by atoms with E-state index in [0.717, 1.165) is 25.8 Å². The predicted octanol–water partition coefficient (Wildman–Crippen LogP) is 0.728. The van der Waals surface area contributed by atoms with Crippen LogP contribution in [0.1, 0.15) is 6.92 Å². The van der Waals surface area contributed by atoms with Crippen LogP contribution in [0.5, 0.6) is 0 Å². The minimum Gasteiger partial charge on any atom is -0.380 e. The molecule has 0 saturated carbocycles. The minimum atomic E-state index is 0.769. The van der Waals surface area contributed by atoms with E-state index < -0.39 is 0 Å². The van der Waals surface area contributed by atoms with Crippen molar-refractivity contribution in [2.75, 3.05) is 31.3 Å². The molecule has 1 rings (SSSR count). The Balaban J connectivity index is 1.76. The van der Waals surface area contributed by atoms with Crippen molar-refractivity contribution < 1.29 is 4.74 Å². The van der Waals surface area contributed by atoms with Gasteiger partial charge in [-0.1, -0.05) is 0 Å². The van der Waals surface area contributed by atoms with Crippen molar-refractivity contribution in [1.29, 1.82) is 0 Å². The van der Waals surface area contributed by atoms with Crippen molar-refractivity contribution in [1.82, 2.24) is 5.32 Å².